The number of rotatable bonds is 4. The molecule has 1 unspecified atom stereocenters. The van der Waals surface area contributed by atoms with Crippen molar-refractivity contribution in [2.75, 3.05) is 0 Å². The van der Waals surface area contributed by atoms with Crippen molar-refractivity contribution in [3.8, 4) is 10.4 Å². The molecule has 5 nitrogen and oxygen atoms in total. The third kappa shape index (κ3) is 2.49. The van der Waals surface area contributed by atoms with Crippen molar-refractivity contribution >= 4 is 38.9 Å². The zero-order chi connectivity index (χ0) is 16.7. The van der Waals surface area contributed by atoms with E-state index in [2.05, 4.69) is 4.98 Å². The van der Waals surface area contributed by atoms with Crippen LogP contribution in [0.15, 0.2) is 22.3 Å². The summed E-state index contributed by atoms with van der Waals surface area (Å²) in [5.41, 5.74) is 0.632. The number of carboxylic acid groups (broad SMARTS) is 1. The largest absolute Gasteiger partial charge is 0.480 e. The maximum absolute atomic E-state index is 13.0. The van der Waals surface area contributed by atoms with Gasteiger partial charge < -0.3 is 5.11 Å². The monoisotopic (exact) mass is 348 g/mol. The molecule has 7 heteroatoms. The minimum Gasteiger partial charge on any atom is -0.480 e. The highest BCUT2D eigenvalue weighted by molar-refractivity contribution is 7.20. The van der Waals surface area contributed by atoms with Gasteiger partial charge in [-0.25, -0.2) is 9.78 Å². The van der Waals surface area contributed by atoms with Gasteiger partial charge in [0.2, 0.25) is 0 Å². The summed E-state index contributed by atoms with van der Waals surface area (Å²) in [5.74, 6) is -0.612. The molecule has 0 spiro atoms. The van der Waals surface area contributed by atoms with Gasteiger partial charge in [-0.05, 0) is 31.7 Å². The van der Waals surface area contributed by atoms with Gasteiger partial charge in [0.05, 0.1) is 5.39 Å². The molecule has 1 atom stereocenters. The number of thiophene rings is 2. The SMILES string of the molecule is CCc1sc2nc(C)n(C(C)C(=O)O)c(=O)c2c1-c1cccs1. The molecule has 0 aromatic carbocycles. The Morgan fingerprint density at radius 3 is 2.78 bits per heavy atom. The number of carbonyl (C=O) groups is 1. The van der Waals surface area contributed by atoms with Crippen LogP contribution in [0.25, 0.3) is 20.7 Å². The standard InChI is InChI=1S/C16H16N2O3S2/c1-4-10-12(11-6-5-7-22-11)13-14(23-10)17-9(3)18(15(13)19)8(2)16(20)21/h5-8H,4H2,1-3H3,(H,20,21). The minimum absolute atomic E-state index is 0.276. The Morgan fingerprint density at radius 2 is 2.22 bits per heavy atom. The molecule has 0 fully saturated rings. The first-order valence-electron chi connectivity index (χ1n) is 7.26. The van der Waals surface area contributed by atoms with Gasteiger partial charge in [0, 0.05) is 15.3 Å². The summed E-state index contributed by atoms with van der Waals surface area (Å²) in [6, 6.07) is 2.99. The number of hydrogen-bond acceptors (Lipinski definition) is 5. The Hall–Kier alpha value is -1.99. The fourth-order valence-corrected chi connectivity index (χ4v) is 4.74. The van der Waals surface area contributed by atoms with E-state index in [1.54, 1.807) is 18.3 Å². The first kappa shape index (κ1) is 15.9. The summed E-state index contributed by atoms with van der Waals surface area (Å²) in [6.07, 6.45) is 0.807. The average molecular weight is 348 g/mol. The van der Waals surface area contributed by atoms with Crippen molar-refractivity contribution in [1.29, 1.82) is 0 Å². The molecule has 0 radical (unpaired) electrons. The maximum Gasteiger partial charge on any atom is 0.326 e. The van der Waals surface area contributed by atoms with Crippen LogP contribution in [-0.2, 0) is 11.2 Å². The van der Waals surface area contributed by atoms with Crippen molar-refractivity contribution in [3.05, 3.63) is 38.6 Å². The Kier molecular flexibility index (Phi) is 4.08. The third-order valence-electron chi connectivity index (χ3n) is 3.84. The molecule has 0 aliphatic rings. The van der Waals surface area contributed by atoms with Crippen LogP contribution in [-0.4, -0.2) is 20.6 Å². The maximum atomic E-state index is 13.0. The average Bonchev–Trinajstić information content (AvgIpc) is 3.12. The van der Waals surface area contributed by atoms with Crippen LogP contribution < -0.4 is 5.56 Å². The van der Waals surface area contributed by atoms with Crippen LogP contribution in [0.4, 0.5) is 0 Å². The zero-order valence-corrected chi connectivity index (χ0v) is 14.6. The summed E-state index contributed by atoms with van der Waals surface area (Å²) in [7, 11) is 0. The van der Waals surface area contributed by atoms with Gasteiger partial charge in [-0.15, -0.1) is 22.7 Å². The lowest BCUT2D eigenvalue weighted by atomic mass is 10.1. The van der Waals surface area contributed by atoms with Gasteiger partial charge in [-0.3, -0.25) is 9.36 Å². The van der Waals surface area contributed by atoms with E-state index >= 15 is 0 Å². The Labute approximate surface area is 140 Å². The number of hydrogen-bond donors (Lipinski definition) is 1. The Morgan fingerprint density at radius 1 is 1.48 bits per heavy atom. The van der Waals surface area contributed by atoms with E-state index in [9.17, 15) is 14.7 Å². The van der Waals surface area contributed by atoms with E-state index in [-0.39, 0.29) is 5.56 Å². The van der Waals surface area contributed by atoms with Gasteiger partial charge >= 0.3 is 5.97 Å². The van der Waals surface area contributed by atoms with Crippen molar-refractivity contribution in [2.45, 2.75) is 33.2 Å². The van der Waals surface area contributed by atoms with Crippen LogP contribution in [0.5, 0.6) is 0 Å². The van der Waals surface area contributed by atoms with Crippen LogP contribution in [0.2, 0.25) is 0 Å². The first-order chi connectivity index (χ1) is 11.0. The lowest BCUT2D eigenvalue weighted by Crippen LogP contribution is -2.30. The molecule has 0 bridgehead atoms. The van der Waals surface area contributed by atoms with Gasteiger partial charge in [0.1, 0.15) is 16.7 Å². The van der Waals surface area contributed by atoms with Crippen LogP contribution >= 0.6 is 22.7 Å². The predicted octanol–water partition coefficient (Wildman–Crippen LogP) is 3.70. The van der Waals surface area contributed by atoms with E-state index in [4.69, 9.17) is 0 Å². The molecule has 3 aromatic heterocycles. The van der Waals surface area contributed by atoms with E-state index in [1.807, 2.05) is 24.4 Å². The second-order valence-corrected chi connectivity index (χ2v) is 7.29. The molecule has 23 heavy (non-hydrogen) atoms. The molecule has 1 N–H and O–H groups in total. The van der Waals surface area contributed by atoms with Crippen molar-refractivity contribution in [2.24, 2.45) is 0 Å². The van der Waals surface area contributed by atoms with Crippen molar-refractivity contribution in [1.82, 2.24) is 9.55 Å². The van der Waals surface area contributed by atoms with E-state index in [0.29, 0.717) is 16.0 Å². The molecule has 0 saturated heterocycles. The second kappa shape index (κ2) is 5.90. The number of aliphatic carboxylic acids is 1. The van der Waals surface area contributed by atoms with Crippen LogP contribution in [0, 0.1) is 6.92 Å². The van der Waals surface area contributed by atoms with Crippen LogP contribution in [0.3, 0.4) is 0 Å². The topological polar surface area (TPSA) is 72.2 Å². The van der Waals surface area contributed by atoms with Crippen molar-refractivity contribution in [3.63, 3.8) is 0 Å². The molecule has 3 aromatic rings. The second-order valence-electron chi connectivity index (χ2n) is 5.26. The van der Waals surface area contributed by atoms with E-state index < -0.39 is 12.0 Å². The number of fused-ring (bicyclic) bond motifs is 1. The predicted molar refractivity (Wildman–Crippen MR) is 93.7 cm³/mol. The number of carboxylic acids is 1. The van der Waals surface area contributed by atoms with E-state index in [1.165, 1.54) is 22.8 Å². The molecular formula is C16H16N2O3S2. The molecule has 0 aliphatic heterocycles. The molecule has 0 aliphatic carbocycles. The highest BCUT2D eigenvalue weighted by Crippen LogP contribution is 2.38. The normalized spacial score (nSPS) is 12.7. The quantitative estimate of drug-likeness (QED) is 0.780. The van der Waals surface area contributed by atoms with Gasteiger partial charge in [0.25, 0.3) is 5.56 Å². The highest BCUT2D eigenvalue weighted by Gasteiger charge is 2.24. The fourth-order valence-electron chi connectivity index (χ4n) is 2.71. The third-order valence-corrected chi connectivity index (χ3v) is 5.96. The smallest absolute Gasteiger partial charge is 0.326 e. The number of aryl methyl sites for hydroxylation is 2. The molecule has 0 saturated carbocycles. The zero-order valence-electron chi connectivity index (χ0n) is 13.0. The summed E-state index contributed by atoms with van der Waals surface area (Å²) in [6.45, 7) is 5.23. The Bertz CT molecular complexity index is 939. The molecular weight excluding hydrogens is 332 g/mol. The van der Waals surface area contributed by atoms with E-state index in [0.717, 1.165) is 21.7 Å². The van der Waals surface area contributed by atoms with Crippen molar-refractivity contribution < 1.29 is 9.90 Å². The summed E-state index contributed by atoms with van der Waals surface area (Å²) in [5, 5.41) is 11.8. The lowest BCUT2D eigenvalue weighted by Gasteiger charge is -2.13. The van der Waals surface area contributed by atoms with Gasteiger partial charge in [-0.2, -0.15) is 0 Å². The van der Waals surface area contributed by atoms with Gasteiger partial charge in [-0.1, -0.05) is 13.0 Å². The Balaban J connectivity index is 2.42. The molecule has 3 heterocycles. The molecule has 0 amide bonds. The first-order valence-corrected chi connectivity index (χ1v) is 8.96. The van der Waals surface area contributed by atoms with Gasteiger partial charge in [0.15, 0.2) is 0 Å². The highest BCUT2D eigenvalue weighted by atomic mass is 32.1. The summed E-state index contributed by atoms with van der Waals surface area (Å²) in [4.78, 5) is 31.7. The lowest BCUT2D eigenvalue weighted by molar-refractivity contribution is -0.140. The molecule has 3 rings (SSSR count). The number of aromatic nitrogens is 2. The van der Waals surface area contributed by atoms with Crippen LogP contribution in [0.1, 0.15) is 30.6 Å². The minimum atomic E-state index is -1.04. The summed E-state index contributed by atoms with van der Waals surface area (Å²) < 4.78 is 1.27. The molecule has 120 valence electrons. The summed E-state index contributed by atoms with van der Waals surface area (Å²) >= 11 is 3.09. The number of nitrogens with zero attached hydrogens (tertiary/aromatic N) is 2. The fraction of sp³-hybridized carbons (Fsp3) is 0.312.